The molecule has 0 atom stereocenters. The van der Waals surface area contributed by atoms with Crippen LogP contribution in [0.25, 0.3) is 22.2 Å². The summed E-state index contributed by atoms with van der Waals surface area (Å²) in [5.74, 6) is -0.440. The molecule has 2 N–H and O–H groups in total. The van der Waals surface area contributed by atoms with Gasteiger partial charge in [0.15, 0.2) is 5.65 Å². The number of rotatable bonds is 8. The minimum absolute atomic E-state index is 0.140. The molecule has 2 heterocycles. The fourth-order valence-electron chi connectivity index (χ4n) is 3.76. The molecular formula is C26H24ClF3N6O3. The van der Waals surface area contributed by atoms with Crippen molar-refractivity contribution < 1.29 is 22.8 Å². The molecule has 4 aromatic rings. The van der Waals surface area contributed by atoms with Gasteiger partial charge >= 0.3 is 6.18 Å². The van der Waals surface area contributed by atoms with Crippen LogP contribution in [0.15, 0.2) is 59.5 Å². The van der Waals surface area contributed by atoms with E-state index in [1.165, 1.54) is 37.6 Å². The number of carbonyl (C=O) groups excluding carboxylic acids is 1. The molecular weight excluding hydrogens is 537 g/mol. The highest BCUT2D eigenvalue weighted by atomic mass is 35.5. The molecule has 2 aromatic carbocycles. The monoisotopic (exact) mass is 560 g/mol. The molecule has 0 spiro atoms. The third-order valence-electron chi connectivity index (χ3n) is 5.69. The average molecular weight is 561 g/mol. The number of benzene rings is 2. The Kier molecular flexibility index (Phi) is 8.07. The molecule has 0 fully saturated rings. The number of hydrogen-bond donors (Lipinski definition) is 2. The summed E-state index contributed by atoms with van der Waals surface area (Å²) in [6, 6.07) is 10.0. The van der Waals surface area contributed by atoms with Gasteiger partial charge in [0, 0.05) is 46.5 Å². The van der Waals surface area contributed by atoms with E-state index in [1.54, 1.807) is 6.07 Å². The maximum Gasteiger partial charge on any atom is 0.416 e. The molecule has 13 heteroatoms. The van der Waals surface area contributed by atoms with Gasteiger partial charge in [0.25, 0.3) is 11.5 Å². The number of anilines is 2. The van der Waals surface area contributed by atoms with Gasteiger partial charge < -0.3 is 20.4 Å². The highest BCUT2D eigenvalue weighted by Gasteiger charge is 2.31. The van der Waals surface area contributed by atoms with Crippen LogP contribution >= 0.6 is 11.6 Å². The number of alkyl halides is 3. The number of nitrogens with zero attached hydrogens (tertiary/aromatic N) is 4. The van der Waals surface area contributed by atoms with Crippen molar-refractivity contribution in [2.75, 3.05) is 44.9 Å². The smallest absolute Gasteiger partial charge is 0.412 e. The molecule has 0 unspecified atom stereocenters. The minimum atomic E-state index is -4.59. The van der Waals surface area contributed by atoms with Gasteiger partial charge in [0.05, 0.1) is 11.1 Å². The van der Waals surface area contributed by atoms with Crippen molar-refractivity contribution >= 4 is 40.2 Å². The maximum absolute atomic E-state index is 13.4. The number of pyridine rings is 1. The zero-order valence-corrected chi connectivity index (χ0v) is 21.9. The van der Waals surface area contributed by atoms with Gasteiger partial charge in [0.1, 0.15) is 7.11 Å². The van der Waals surface area contributed by atoms with Gasteiger partial charge in [-0.1, -0.05) is 17.7 Å². The Morgan fingerprint density at radius 1 is 1.13 bits per heavy atom. The van der Waals surface area contributed by atoms with E-state index >= 15 is 0 Å². The van der Waals surface area contributed by atoms with E-state index in [1.807, 2.05) is 19.0 Å². The molecule has 9 nitrogen and oxygen atoms in total. The van der Waals surface area contributed by atoms with Crippen molar-refractivity contribution in [3.05, 3.63) is 81.2 Å². The lowest BCUT2D eigenvalue weighted by molar-refractivity contribution is -0.137. The summed E-state index contributed by atoms with van der Waals surface area (Å²) in [6.07, 6.45) is -3.06. The average Bonchev–Trinajstić information content (AvgIpc) is 2.89. The van der Waals surface area contributed by atoms with E-state index in [2.05, 4.69) is 20.6 Å². The highest BCUT2D eigenvalue weighted by molar-refractivity contribution is 6.33. The summed E-state index contributed by atoms with van der Waals surface area (Å²) in [4.78, 5) is 42.1. The molecule has 0 radical (unpaired) electrons. The Morgan fingerprint density at radius 2 is 1.90 bits per heavy atom. The van der Waals surface area contributed by atoms with Crippen molar-refractivity contribution in [2.24, 2.45) is 0 Å². The van der Waals surface area contributed by atoms with E-state index < -0.39 is 23.2 Å². The number of amides is 1. The first-order valence-corrected chi connectivity index (χ1v) is 12.0. The lowest BCUT2D eigenvalue weighted by Gasteiger charge is -2.14. The SMILES string of the molecule is COn1c(=O)c(-c2cc(NC(=O)c3cccc(C(F)(F)F)c3)ccc2Cl)cc2cnc(NCCN(C)C)nc21. The zero-order valence-electron chi connectivity index (χ0n) is 21.1. The van der Waals surface area contributed by atoms with Gasteiger partial charge in [-0.15, -0.1) is 4.73 Å². The fourth-order valence-corrected chi connectivity index (χ4v) is 3.98. The number of halogens is 4. The van der Waals surface area contributed by atoms with Crippen LogP contribution < -0.4 is 21.0 Å². The van der Waals surface area contributed by atoms with Crippen LogP contribution in [-0.4, -0.2) is 59.8 Å². The largest absolute Gasteiger partial charge is 0.416 e. The Labute approximate surface area is 226 Å². The molecule has 204 valence electrons. The number of hydrogen-bond acceptors (Lipinski definition) is 7. The predicted molar refractivity (Wildman–Crippen MR) is 143 cm³/mol. The maximum atomic E-state index is 13.4. The number of aromatic nitrogens is 3. The molecule has 0 saturated carbocycles. The first-order valence-electron chi connectivity index (χ1n) is 11.6. The van der Waals surface area contributed by atoms with E-state index in [9.17, 15) is 22.8 Å². The minimum Gasteiger partial charge on any atom is -0.412 e. The van der Waals surface area contributed by atoms with Crippen LogP contribution in [0.2, 0.25) is 5.02 Å². The molecule has 4 rings (SSSR count). The molecule has 1 amide bonds. The molecule has 0 aliphatic heterocycles. The Bertz CT molecular complexity index is 1590. The second-order valence-electron chi connectivity index (χ2n) is 8.77. The van der Waals surface area contributed by atoms with E-state index in [-0.39, 0.29) is 33.0 Å². The van der Waals surface area contributed by atoms with Gasteiger partial charge in [0.2, 0.25) is 5.95 Å². The summed E-state index contributed by atoms with van der Waals surface area (Å²) >= 11 is 6.41. The van der Waals surface area contributed by atoms with Crippen molar-refractivity contribution in [3.63, 3.8) is 0 Å². The number of likely N-dealkylation sites (N-methyl/N-ethyl adjacent to an activating group) is 1. The number of fused-ring (bicyclic) bond motifs is 1. The first-order chi connectivity index (χ1) is 18.5. The van der Waals surface area contributed by atoms with Crippen molar-refractivity contribution in [2.45, 2.75) is 6.18 Å². The summed E-state index contributed by atoms with van der Waals surface area (Å²) in [6.45, 7) is 1.33. The molecule has 0 saturated heterocycles. The lowest BCUT2D eigenvalue weighted by Crippen LogP contribution is -2.28. The quantitative estimate of drug-likeness (QED) is 0.329. The lowest BCUT2D eigenvalue weighted by atomic mass is 10.0. The van der Waals surface area contributed by atoms with Crippen molar-refractivity contribution in [1.82, 2.24) is 19.6 Å². The van der Waals surface area contributed by atoms with Crippen LogP contribution in [0.4, 0.5) is 24.8 Å². The van der Waals surface area contributed by atoms with Gasteiger partial charge in [-0.2, -0.15) is 18.2 Å². The standard InChI is InChI=1S/C26H24ClF3N6O3/c1-35(2)10-9-31-25-32-14-16-12-20(24(38)36(39-3)22(16)34-25)19-13-18(7-8-21(19)27)33-23(37)15-5-4-6-17(11-15)26(28,29)30/h4-8,11-14H,9-10H2,1-3H3,(H,33,37)(H,31,32,34). The van der Waals surface area contributed by atoms with E-state index in [0.29, 0.717) is 17.9 Å². The molecule has 0 aliphatic carbocycles. The summed E-state index contributed by atoms with van der Waals surface area (Å²) in [7, 11) is 5.19. The number of carbonyl (C=O) groups is 1. The topological polar surface area (TPSA) is 101 Å². The molecule has 0 bridgehead atoms. The Hall–Kier alpha value is -4.16. The van der Waals surface area contributed by atoms with Crippen LogP contribution in [-0.2, 0) is 6.18 Å². The van der Waals surface area contributed by atoms with Crippen LogP contribution in [0.3, 0.4) is 0 Å². The fraction of sp³-hybridized carbons (Fsp3) is 0.231. The zero-order chi connectivity index (χ0) is 28.3. The van der Waals surface area contributed by atoms with Gasteiger partial charge in [-0.05, 0) is 56.6 Å². The highest BCUT2D eigenvalue weighted by Crippen LogP contribution is 2.32. The molecule has 0 aliphatic rings. The van der Waals surface area contributed by atoms with E-state index in [0.717, 1.165) is 29.5 Å². The van der Waals surface area contributed by atoms with E-state index in [4.69, 9.17) is 16.4 Å². The Balaban J connectivity index is 1.68. The van der Waals surface area contributed by atoms with Gasteiger partial charge in [-0.3, -0.25) is 9.59 Å². The van der Waals surface area contributed by atoms with Crippen LogP contribution in [0.5, 0.6) is 0 Å². The molecule has 2 aromatic heterocycles. The molecule has 39 heavy (non-hydrogen) atoms. The van der Waals surface area contributed by atoms with Gasteiger partial charge in [-0.25, -0.2) is 4.98 Å². The normalized spacial score (nSPS) is 11.6. The van der Waals surface area contributed by atoms with Crippen molar-refractivity contribution in [1.29, 1.82) is 0 Å². The summed E-state index contributed by atoms with van der Waals surface area (Å²) in [5, 5.41) is 6.33. The summed E-state index contributed by atoms with van der Waals surface area (Å²) < 4.78 is 40.2. The van der Waals surface area contributed by atoms with Crippen LogP contribution in [0, 0.1) is 0 Å². The predicted octanol–water partition coefficient (Wildman–Crippen LogP) is 4.41. The Morgan fingerprint density at radius 3 is 2.59 bits per heavy atom. The number of nitrogens with one attached hydrogen (secondary N) is 2. The van der Waals surface area contributed by atoms with Crippen molar-refractivity contribution in [3.8, 4) is 11.1 Å². The van der Waals surface area contributed by atoms with Crippen LogP contribution in [0.1, 0.15) is 15.9 Å². The first kappa shape index (κ1) is 27.9. The second-order valence-corrected chi connectivity index (χ2v) is 9.18. The third kappa shape index (κ3) is 6.29. The summed E-state index contributed by atoms with van der Waals surface area (Å²) in [5.41, 5.74) is -0.824. The third-order valence-corrected chi connectivity index (χ3v) is 6.02. The second kappa shape index (κ2) is 11.3.